The zero-order valence-corrected chi connectivity index (χ0v) is 24.9. The van der Waals surface area contributed by atoms with Crippen LogP contribution in [0.2, 0.25) is 0 Å². The molecule has 2 atom stereocenters. The number of fused-ring (bicyclic) bond motifs is 3. The van der Waals surface area contributed by atoms with Crippen LogP contribution in [0, 0.1) is 5.92 Å². The minimum Gasteiger partial charge on any atom is -0.493 e. The molecule has 40 heavy (non-hydrogen) atoms. The van der Waals surface area contributed by atoms with Gasteiger partial charge in [0.05, 0.1) is 24.1 Å². The molecule has 3 aliphatic heterocycles. The quantitative estimate of drug-likeness (QED) is 0.533. The molecule has 3 heterocycles. The van der Waals surface area contributed by atoms with Crippen molar-refractivity contribution in [2.45, 2.75) is 56.5 Å². The lowest BCUT2D eigenvalue weighted by Gasteiger charge is -2.41. The molecule has 1 fully saturated rings. The van der Waals surface area contributed by atoms with Gasteiger partial charge < -0.3 is 20.7 Å². The van der Waals surface area contributed by atoms with Crippen molar-refractivity contribution in [3.63, 3.8) is 0 Å². The summed E-state index contributed by atoms with van der Waals surface area (Å²) in [5, 5.41) is 2.93. The van der Waals surface area contributed by atoms with Gasteiger partial charge in [0.15, 0.2) is 0 Å². The molecule has 2 aromatic carbocycles. The predicted octanol–water partition coefficient (Wildman–Crippen LogP) is 2.61. The second-order valence-electron chi connectivity index (χ2n) is 11.9. The highest BCUT2D eigenvalue weighted by atomic mass is 35.5. The fourth-order valence-electron chi connectivity index (χ4n) is 6.12. The maximum Gasteiger partial charge on any atom is 0.245 e. The average molecular weight is 591 g/mol. The SMILES string of the molecule is CC(C)(N)C(=O)NC(CC1COc2ccccc2C1)C(=O)N1CCC2(CC1)CN(S(C)(=O)=O)c1ccccc12.Cl. The highest BCUT2D eigenvalue weighted by molar-refractivity contribution is 7.92. The fourth-order valence-corrected chi connectivity index (χ4v) is 7.12. The van der Waals surface area contributed by atoms with E-state index in [-0.39, 0.29) is 35.6 Å². The first-order valence-corrected chi connectivity index (χ1v) is 15.4. The second kappa shape index (κ2) is 11.2. The molecule has 0 saturated carbocycles. The normalized spacial score (nSPS) is 20.6. The van der Waals surface area contributed by atoms with Crippen molar-refractivity contribution in [3.8, 4) is 5.75 Å². The van der Waals surface area contributed by atoms with Gasteiger partial charge in [-0.25, -0.2) is 8.42 Å². The van der Waals surface area contributed by atoms with Gasteiger partial charge >= 0.3 is 0 Å². The maximum atomic E-state index is 13.9. The van der Waals surface area contributed by atoms with E-state index in [9.17, 15) is 18.0 Å². The van der Waals surface area contributed by atoms with Gasteiger partial charge in [-0.05, 0) is 68.7 Å². The Balaban J connectivity index is 0.00000370. The van der Waals surface area contributed by atoms with Crippen LogP contribution in [0.3, 0.4) is 0 Å². The molecular weight excluding hydrogens is 552 g/mol. The van der Waals surface area contributed by atoms with E-state index in [1.54, 1.807) is 13.8 Å². The summed E-state index contributed by atoms with van der Waals surface area (Å²) < 4.78 is 32.5. The van der Waals surface area contributed by atoms with Gasteiger partial charge in [0.25, 0.3) is 0 Å². The fraction of sp³-hybridized carbons (Fsp3) is 0.517. The Bertz CT molecular complexity index is 1370. The van der Waals surface area contributed by atoms with Crippen LogP contribution in [0.4, 0.5) is 5.69 Å². The average Bonchev–Trinajstić information content (AvgIpc) is 3.22. The van der Waals surface area contributed by atoms with Crippen molar-refractivity contribution >= 4 is 39.9 Å². The van der Waals surface area contributed by atoms with E-state index in [4.69, 9.17) is 10.5 Å². The minimum atomic E-state index is -3.42. The molecule has 218 valence electrons. The van der Waals surface area contributed by atoms with Crippen LogP contribution in [0.25, 0.3) is 0 Å². The molecule has 1 spiro atoms. The van der Waals surface area contributed by atoms with Crippen LogP contribution in [0.15, 0.2) is 48.5 Å². The van der Waals surface area contributed by atoms with Crippen LogP contribution in [0.5, 0.6) is 5.75 Å². The van der Waals surface area contributed by atoms with Gasteiger partial charge in [-0.2, -0.15) is 0 Å². The van der Waals surface area contributed by atoms with Crippen LogP contribution >= 0.6 is 12.4 Å². The smallest absolute Gasteiger partial charge is 0.245 e. The monoisotopic (exact) mass is 590 g/mol. The van der Waals surface area contributed by atoms with Gasteiger partial charge in [-0.15, -0.1) is 12.4 Å². The molecule has 0 bridgehead atoms. The number of carbonyl (C=O) groups excluding carboxylic acids is 2. The van der Waals surface area contributed by atoms with Crippen molar-refractivity contribution in [3.05, 3.63) is 59.7 Å². The Kier molecular flexibility index (Phi) is 8.45. The van der Waals surface area contributed by atoms with Crippen molar-refractivity contribution in [2.24, 2.45) is 11.7 Å². The largest absolute Gasteiger partial charge is 0.493 e. The zero-order valence-electron chi connectivity index (χ0n) is 23.3. The van der Waals surface area contributed by atoms with Crippen LogP contribution in [-0.2, 0) is 31.4 Å². The van der Waals surface area contributed by atoms with Gasteiger partial charge in [0, 0.05) is 25.0 Å². The zero-order chi connectivity index (χ0) is 28.0. The topological polar surface area (TPSA) is 122 Å². The molecule has 3 aliphatic rings. The first-order valence-electron chi connectivity index (χ1n) is 13.5. The number of benzene rings is 2. The first kappa shape index (κ1) is 30.1. The summed E-state index contributed by atoms with van der Waals surface area (Å²) in [7, 11) is -3.42. The van der Waals surface area contributed by atoms with Crippen molar-refractivity contribution < 1.29 is 22.7 Å². The lowest BCUT2D eigenvalue weighted by atomic mass is 9.74. The predicted molar refractivity (Wildman–Crippen MR) is 157 cm³/mol. The van der Waals surface area contributed by atoms with E-state index in [0.717, 1.165) is 29.0 Å². The number of halogens is 1. The summed E-state index contributed by atoms with van der Waals surface area (Å²) in [5.74, 6) is 0.425. The molecule has 9 nitrogen and oxygen atoms in total. The molecule has 2 aromatic rings. The van der Waals surface area contributed by atoms with Gasteiger partial charge in [0.1, 0.15) is 11.8 Å². The number of anilines is 1. The van der Waals surface area contributed by atoms with E-state index < -0.39 is 21.6 Å². The highest BCUT2D eigenvalue weighted by Gasteiger charge is 2.48. The number of rotatable bonds is 6. The number of hydrogen-bond donors (Lipinski definition) is 2. The molecule has 0 radical (unpaired) electrons. The Labute approximate surface area is 242 Å². The van der Waals surface area contributed by atoms with Crippen LogP contribution < -0.4 is 20.1 Å². The van der Waals surface area contributed by atoms with E-state index in [2.05, 4.69) is 5.32 Å². The van der Waals surface area contributed by atoms with Crippen LogP contribution in [0.1, 0.15) is 44.2 Å². The van der Waals surface area contributed by atoms with E-state index in [0.29, 0.717) is 45.5 Å². The van der Waals surface area contributed by atoms with Crippen molar-refractivity contribution in [1.82, 2.24) is 10.2 Å². The molecule has 2 amide bonds. The van der Waals surface area contributed by atoms with Gasteiger partial charge in [0.2, 0.25) is 21.8 Å². The number of ether oxygens (including phenoxy) is 1. The summed E-state index contributed by atoms with van der Waals surface area (Å²) >= 11 is 0. The van der Waals surface area contributed by atoms with E-state index in [1.807, 2.05) is 53.4 Å². The number of nitrogens with one attached hydrogen (secondary N) is 1. The number of nitrogens with two attached hydrogens (primary N) is 1. The summed E-state index contributed by atoms with van der Waals surface area (Å²) in [5.41, 5.74) is 7.45. The van der Waals surface area contributed by atoms with E-state index >= 15 is 0 Å². The first-order chi connectivity index (χ1) is 18.4. The highest BCUT2D eigenvalue weighted by Crippen LogP contribution is 2.47. The lowest BCUT2D eigenvalue weighted by molar-refractivity contribution is -0.139. The van der Waals surface area contributed by atoms with Gasteiger partial charge in [-0.1, -0.05) is 36.4 Å². The molecule has 11 heteroatoms. The molecule has 3 N–H and O–H groups in total. The van der Waals surface area contributed by atoms with E-state index in [1.165, 1.54) is 10.6 Å². The Morgan fingerprint density at radius 3 is 2.45 bits per heavy atom. The number of para-hydroxylation sites is 2. The number of piperidine rings is 1. The Hall–Kier alpha value is -2.82. The molecule has 0 aromatic heterocycles. The Morgan fingerprint density at radius 1 is 1.12 bits per heavy atom. The number of amides is 2. The minimum absolute atomic E-state index is 0. The summed E-state index contributed by atoms with van der Waals surface area (Å²) in [6.07, 6.45) is 3.74. The number of nitrogens with zero attached hydrogens (tertiary/aromatic N) is 2. The van der Waals surface area contributed by atoms with Gasteiger partial charge in [-0.3, -0.25) is 13.9 Å². The number of hydrogen-bond acceptors (Lipinski definition) is 6. The van der Waals surface area contributed by atoms with Crippen molar-refractivity contribution in [2.75, 3.05) is 36.8 Å². The third-order valence-corrected chi connectivity index (χ3v) is 9.46. The number of carbonyl (C=O) groups is 2. The molecule has 0 aliphatic carbocycles. The number of likely N-dealkylation sites (tertiary alicyclic amines) is 1. The number of sulfonamides is 1. The third-order valence-electron chi connectivity index (χ3n) is 8.34. The second-order valence-corrected chi connectivity index (χ2v) is 13.8. The standard InChI is InChI=1S/C29H38N4O5S.ClH/c1-28(2,30)27(35)31-23(17-20-16-21-8-4-7-11-25(21)38-18-20)26(34)32-14-12-29(13-15-32)19-33(39(3,36)37)24-10-6-5-9-22(24)29;/h4-11,20,23H,12-19,30H2,1-3H3,(H,31,35);1H. The summed E-state index contributed by atoms with van der Waals surface area (Å²) in [6.45, 7) is 5.07. The van der Waals surface area contributed by atoms with Crippen LogP contribution in [-0.4, -0.2) is 69.2 Å². The third kappa shape index (κ3) is 5.94. The Morgan fingerprint density at radius 2 is 1.77 bits per heavy atom. The summed E-state index contributed by atoms with van der Waals surface area (Å²) in [6, 6.07) is 14.8. The molecule has 2 unspecified atom stereocenters. The van der Waals surface area contributed by atoms with Crippen molar-refractivity contribution in [1.29, 1.82) is 0 Å². The molecule has 5 rings (SSSR count). The summed E-state index contributed by atoms with van der Waals surface area (Å²) in [4.78, 5) is 28.6. The molecular formula is C29H39ClN4O5S. The lowest BCUT2D eigenvalue weighted by Crippen LogP contribution is -2.58. The molecule has 1 saturated heterocycles. The maximum absolute atomic E-state index is 13.9.